The van der Waals surface area contributed by atoms with Crippen molar-refractivity contribution in [1.29, 1.82) is 0 Å². The van der Waals surface area contributed by atoms with Crippen molar-refractivity contribution in [3.63, 3.8) is 0 Å². The van der Waals surface area contributed by atoms with E-state index >= 15 is 0 Å². The standard InChI is InChI=1S/C16H18F3N3/c17-16(18,19)11-22-10-13-7-4-8-14(15(13)21-22)20-9-12-5-2-1-3-6-12/h1-3,5-6,10,14,20H,4,7-9,11H2. The minimum Gasteiger partial charge on any atom is -0.304 e. The first-order chi connectivity index (χ1) is 10.5. The molecular formula is C16H18F3N3. The van der Waals surface area contributed by atoms with Crippen molar-refractivity contribution in [3.8, 4) is 0 Å². The van der Waals surface area contributed by atoms with Crippen LogP contribution in [-0.4, -0.2) is 16.0 Å². The third kappa shape index (κ3) is 3.68. The first-order valence-corrected chi connectivity index (χ1v) is 7.41. The molecule has 0 bridgehead atoms. The number of alkyl halides is 3. The first-order valence-electron chi connectivity index (χ1n) is 7.41. The highest BCUT2D eigenvalue weighted by Crippen LogP contribution is 2.29. The van der Waals surface area contributed by atoms with Gasteiger partial charge in [-0.2, -0.15) is 18.3 Å². The third-order valence-electron chi connectivity index (χ3n) is 3.88. The molecule has 0 spiro atoms. The number of rotatable bonds is 4. The summed E-state index contributed by atoms with van der Waals surface area (Å²) in [5.74, 6) is 0. The molecule has 1 N–H and O–H groups in total. The molecule has 1 aromatic heterocycles. The molecule has 2 aromatic rings. The Morgan fingerprint density at radius 1 is 1.23 bits per heavy atom. The van der Waals surface area contributed by atoms with Gasteiger partial charge < -0.3 is 5.32 Å². The maximum atomic E-state index is 12.5. The predicted octanol–water partition coefficient (Wildman–Crippen LogP) is 3.61. The van der Waals surface area contributed by atoms with Gasteiger partial charge in [0.1, 0.15) is 6.54 Å². The van der Waals surface area contributed by atoms with Gasteiger partial charge in [0.15, 0.2) is 0 Å². The summed E-state index contributed by atoms with van der Waals surface area (Å²) in [5, 5.41) is 7.58. The van der Waals surface area contributed by atoms with Crippen LogP contribution in [0.5, 0.6) is 0 Å². The van der Waals surface area contributed by atoms with Crippen LogP contribution in [0, 0.1) is 0 Å². The monoisotopic (exact) mass is 309 g/mol. The Morgan fingerprint density at radius 3 is 2.73 bits per heavy atom. The normalized spacial score (nSPS) is 18.2. The van der Waals surface area contributed by atoms with Crippen LogP contribution < -0.4 is 5.32 Å². The second kappa shape index (κ2) is 6.12. The van der Waals surface area contributed by atoms with Crippen molar-refractivity contribution in [2.45, 2.75) is 44.6 Å². The van der Waals surface area contributed by atoms with Gasteiger partial charge in [0.25, 0.3) is 0 Å². The van der Waals surface area contributed by atoms with Crippen LogP contribution in [0.1, 0.15) is 35.7 Å². The van der Waals surface area contributed by atoms with Gasteiger partial charge >= 0.3 is 6.18 Å². The second-order valence-corrected chi connectivity index (χ2v) is 5.66. The SMILES string of the molecule is FC(F)(F)Cn1cc2c(n1)C(NCc1ccccc1)CCC2. The Hall–Kier alpha value is -1.82. The molecule has 0 saturated heterocycles. The summed E-state index contributed by atoms with van der Waals surface area (Å²) in [6.07, 6.45) is -0.0164. The summed E-state index contributed by atoms with van der Waals surface area (Å²) in [7, 11) is 0. The average molecular weight is 309 g/mol. The van der Waals surface area contributed by atoms with E-state index in [1.54, 1.807) is 6.20 Å². The van der Waals surface area contributed by atoms with Gasteiger partial charge in [0.05, 0.1) is 11.7 Å². The van der Waals surface area contributed by atoms with Crippen molar-refractivity contribution in [2.24, 2.45) is 0 Å². The number of fused-ring (bicyclic) bond motifs is 1. The fourth-order valence-electron chi connectivity index (χ4n) is 2.90. The lowest BCUT2D eigenvalue weighted by molar-refractivity contribution is -0.142. The van der Waals surface area contributed by atoms with Gasteiger partial charge in [-0.05, 0) is 30.4 Å². The summed E-state index contributed by atoms with van der Waals surface area (Å²) in [4.78, 5) is 0. The summed E-state index contributed by atoms with van der Waals surface area (Å²) >= 11 is 0. The molecule has 0 saturated carbocycles. The van der Waals surface area contributed by atoms with Gasteiger partial charge in [-0.25, -0.2) is 0 Å². The molecule has 0 fully saturated rings. The molecule has 0 aliphatic heterocycles. The van der Waals surface area contributed by atoms with Gasteiger partial charge in [0, 0.05) is 12.7 Å². The largest absolute Gasteiger partial charge is 0.408 e. The molecule has 3 rings (SSSR count). The zero-order chi connectivity index (χ0) is 15.6. The van der Waals surface area contributed by atoms with Crippen LogP contribution in [0.3, 0.4) is 0 Å². The van der Waals surface area contributed by atoms with Gasteiger partial charge in [-0.15, -0.1) is 0 Å². The molecule has 22 heavy (non-hydrogen) atoms. The van der Waals surface area contributed by atoms with Crippen LogP contribution in [0.15, 0.2) is 36.5 Å². The van der Waals surface area contributed by atoms with E-state index in [0.29, 0.717) is 6.54 Å². The molecule has 0 amide bonds. The molecule has 1 atom stereocenters. The van der Waals surface area contributed by atoms with E-state index in [0.717, 1.165) is 40.8 Å². The lowest BCUT2D eigenvalue weighted by atomic mass is 9.93. The van der Waals surface area contributed by atoms with Gasteiger partial charge in [0.2, 0.25) is 0 Å². The number of nitrogens with one attached hydrogen (secondary N) is 1. The highest BCUT2D eigenvalue weighted by atomic mass is 19.4. The molecule has 1 aromatic carbocycles. The molecule has 1 heterocycles. The van der Waals surface area contributed by atoms with E-state index in [1.165, 1.54) is 0 Å². The summed E-state index contributed by atoms with van der Waals surface area (Å²) in [5.41, 5.74) is 2.86. The first kappa shape index (κ1) is 15.1. The molecule has 0 radical (unpaired) electrons. The fourth-order valence-corrected chi connectivity index (χ4v) is 2.90. The quantitative estimate of drug-likeness (QED) is 0.935. The second-order valence-electron chi connectivity index (χ2n) is 5.66. The number of hydrogen-bond acceptors (Lipinski definition) is 2. The maximum absolute atomic E-state index is 12.5. The minimum absolute atomic E-state index is 0.0263. The number of hydrogen-bond donors (Lipinski definition) is 1. The summed E-state index contributed by atoms with van der Waals surface area (Å²) < 4.78 is 38.5. The van der Waals surface area contributed by atoms with E-state index in [9.17, 15) is 13.2 Å². The van der Waals surface area contributed by atoms with E-state index in [-0.39, 0.29) is 6.04 Å². The molecule has 1 aliphatic carbocycles. The Kier molecular flexibility index (Phi) is 4.20. The molecule has 6 heteroatoms. The molecular weight excluding hydrogens is 291 g/mol. The van der Waals surface area contributed by atoms with Crippen LogP contribution in [-0.2, 0) is 19.5 Å². The van der Waals surface area contributed by atoms with Crippen molar-refractivity contribution < 1.29 is 13.2 Å². The van der Waals surface area contributed by atoms with Crippen molar-refractivity contribution >= 4 is 0 Å². The van der Waals surface area contributed by atoms with Crippen LogP contribution in [0.2, 0.25) is 0 Å². The van der Waals surface area contributed by atoms with Gasteiger partial charge in [-0.1, -0.05) is 30.3 Å². The maximum Gasteiger partial charge on any atom is 0.408 e. The predicted molar refractivity (Wildman–Crippen MR) is 77.2 cm³/mol. The summed E-state index contributed by atoms with van der Waals surface area (Å²) in [6, 6.07) is 9.99. The zero-order valence-electron chi connectivity index (χ0n) is 12.1. The topological polar surface area (TPSA) is 29.9 Å². The number of halogens is 3. The van der Waals surface area contributed by atoms with E-state index in [2.05, 4.69) is 10.4 Å². The third-order valence-corrected chi connectivity index (χ3v) is 3.88. The number of aryl methyl sites for hydroxylation is 1. The molecule has 1 aliphatic rings. The van der Waals surface area contributed by atoms with E-state index < -0.39 is 12.7 Å². The van der Waals surface area contributed by atoms with E-state index in [1.807, 2.05) is 30.3 Å². The van der Waals surface area contributed by atoms with Crippen molar-refractivity contribution in [2.75, 3.05) is 0 Å². The minimum atomic E-state index is -4.23. The number of aromatic nitrogens is 2. The Morgan fingerprint density at radius 2 is 2.00 bits per heavy atom. The highest BCUT2D eigenvalue weighted by molar-refractivity contribution is 5.24. The lowest BCUT2D eigenvalue weighted by Crippen LogP contribution is -2.25. The molecule has 118 valence electrons. The Labute approximate surface area is 127 Å². The summed E-state index contributed by atoms with van der Waals surface area (Å²) in [6.45, 7) is -0.331. The number of benzene rings is 1. The smallest absolute Gasteiger partial charge is 0.304 e. The highest BCUT2D eigenvalue weighted by Gasteiger charge is 2.30. The van der Waals surface area contributed by atoms with Gasteiger partial charge in [-0.3, -0.25) is 4.68 Å². The Balaban J connectivity index is 1.71. The van der Waals surface area contributed by atoms with Crippen LogP contribution >= 0.6 is 0 Å². The van der Waals surface area contributed by atoms with Crippen LogP contribution in [0.4, 0.5) is 13.2 Å². The molecule has 3 nitrogen and oxygen atoms in total. The Bertz CT molecular complexity index is 619. The van der Waals surface area contributed by atoms with Crippen LogP contribution in [0.25, 0.3) is 0 Å². The fraction of sp³-hybridized carbons (Fsp3) is 0.438. The average Bonchev–Trinajstić information content (AvgIpc) is 2.86. The lowest BCUT2D eigenvalue weighted by Gasteiger charge is -2.22. The molecule has 1 unspecified atom stereocenters. The van der Waals surface area contributed by atoms with Crippen molar-refractivity contribution in [1.82, 2.24) is 15.1 Å². The van der Waals surface area contributed by atoms with E-state index in [4.69, 9.17) is 0 Å². The zero-order valence-corrected chi connectivity index (χ0v) is 12.1. The number of nitrogens with zero attached hydrogens (tertiary/aromatic N) is 2. The van der Waals surface area contributed by atoms with Crippen molar-refractivity contribution in [3.05, 3.63) is 53.3 Å².